The first-order valence-corrected chi connectivity index (χ1v) is 2.20. The summed E-state index contributed by atoms with van der Waals surface area (Å²) in [5.74, 6) is 0. The van der Waals surface area contributed by atoms with Gasteiger partial charge < -0.3 is 0 Å². The molecule has 0 unspecified atom stereocenters. The molecule has 0 aliphatic carbocycles. The Morgan fingerprint density at radius 2 is 1.60 bits per heavy atom. The molecule has 0 aromatic rings. The summed E-state index contributed by atoms with van der Waals surface area (Å²) >= 11 is 0. The van der Waals surface area contributed by atoms with Crippen molar-refractivity contribution in [2.24, 2.45) is 0 Å². The van der Waals surface area contributed by atoms with E-state index in [-0.39, 0.29) is 6.08 Å². The SMILES string of the molecule is FCC(C=C(F)F)=C(F)F. The molecule has 5 heteroatoms. The van der Waals surface area contributed by atoms with Crippen molar-refractivity contribution in [2.75, 3.05) is 6.67 Å². The maximum Gasteiger partial charge on any atom is 0.276 e. The molecule has 0 heterocycles. The van der Waals surface area contributed by atoms with Gasteiger partial charge in [-0.15, -0.1) is 0 Å². The minimum atomic E-state index is -2.42. The van der Waals surface area contributed by atoms with Crippen LogP contribution in [0, 0.1) is 0 Å². The normalized spacial score (nSPS) is 8.90. The fourth-order valence-electron chi connectivity index (χ4n) is 0.275. The van der Waals surface area contributed by atoms with Crippen LogP contribution in [-0.2, 0) is 0 Å². The van der Waals surface area contributed by atoms with Gasteiger partial charge in [-0.2, -0.15) is 17.6 Å². The molecule has 58 valence electrons. The lowest BCUT2D eigenvalue weighted by atomic mass is 10.3. The second-order valence-electron chi connectivity index (χ2n) is 1.35. The second-order valence-corrected chi connectivity index (χ2v) is 1.35. The minimum Gasteiger partial charge on any atom is -0.246 e. The Labute approximate surface area is 53.6 Å². The number of hydrogen-bond donors (Lipinski definition) is 0. The zero-order valence-corrected chi connectivity index (χ0v) is 4.67. The molecule has 0 saturated carbocycles. The Morgan fingerprint density at radius 1 is 1.10 bits per heavy atom. The van der Waals surface area contributed by atoms with Crippen LogP contribution in [0.1, 0.15) is 0 Å². The molecule has 0 aromatic heterocycles. The molecule has 0 radical (unpaired) electrons. The zero-order valence-electron chi connectivity index (χ0n) is 4.67. The highest BCUT2D eigenvalue weighted by molar-refractivity contribution is 5.19. The largest absolute Gasteiger partial charge is 0.276 e. The van der Waals surface area contributed by atoms with Gasteiger partial charge >= 0.3 is 0 Å². The van der Waals surface area contributed by atoms with E-state index in [4.69, 9.17) is 0 Å². The summed E-state index contributed by atoms with van der Waals surface area (Å²) in [5, 5.41) is 0. The smallest absolute Gasteiger partial charge is 0.246 e. The van der Waals surface area contributed by atoms with E-state index in [1.807, 2.05) is 0 Å². The third-order valence-corrected chi connectivity index (χ3v) is 0.670. The molecule has 0 bridgehead atoms. The summed E-state index contributed by atoms with van der Waals surface area (Å²) in [6, 6.07) is 0. The molecule has 0 N–H and O–H groups in total. The highest BCUT2D eigenvalue weighted by Gasteiger charge is 2.03. The van der Waals surface area contributed by atoms with Crippen molar-refractivity contribution in [3.05, 3.63) is 23.8 Å². The average Bonchev–Trinajstić information content (AvgIpc) is 1.81. The molecule has 0 atom stereocenters. The van der Waals surface area contributed by atoms with Crippen LogP contribution >= 0.6 is 0 Å². The Kier molecular flexibility index (Phi) is 3.68. The first kappa shape index (κ1) is 9.13. The van der Waals surface area contributed by atoms with E-state index in [0.717, 1.165) is 0 Å². The van der Waals surface area contributed by atoms with E-state index >= 15 is 0 Å². The number of hydrogen-bond acceptors (Lipinski definition) is 0. The van der Waals surface area contributed by atoms with Gasteiger partial charge in [0, 0.05) is 6.08 Å². The summed E-state index contributed by atoms with van der Waals surface area (Å²) < 4.78 is 56.3. The van der Waals surface area contributed by atoms with E-state index < -0.39 is 24.4 Å². The topological polar surface area (TPSA) is 0 Å². The second kappa shape index (κ2) is 4.03. The van der Waals surface area contributed by atoms with E-state index in [2.05, 4.69) is 0 Å². The first-order chi connectivity index (χ1) is 4.57. The summed E-state index contributed by atoms with van der Waals surface area (Å²) in [5.41, 5.74) is -1.28. The summed E-state index contributed by atoms with van der Waals surface area (Å²) in [4.78, 5) is 0. The standard InChI is InChI=1S/C5H3F5/c6-2-3(5(9)10)1-4(7)8/h1H,2H2. The van der Waals surface area contributed by atoms with Crippen molar-refractivity contribution in [3.63, 3.8) is 0 Å². The van der Waals surface area contributed by atoms with E-state index in [1.54, 1.807) is 0 Å². The Hall–Kier alpha value is -0.870. The molecule has 0 amide bonds. The Morgan fingerprint density at radius 3 is 1.70 bits per heavy atom. The van der Waals surface area contributed by atoms with Crippen molar-refractivity contribution < 1.29 is 22.0 Å². The lowest BCUT2D eigenvalue weighted by molar-refractivity contribution is 0.391. The van der Waals surface area contributed by atoms with Crippen molar-refractivity contribution in [1.82, 2.24) is 0 Å². The lowest BCUT2D eigenvalue weighted by Crippen LogP contribution is -1.82. The van der Waals surface area contributed by atoms with Crippen molar-refractivity contribution >= 4 is 0 Å². The fourth-order valence-corrected chi connectivity index (χ4v) is 0.275. The molecule has 10 heavy (non-hydrogen) atoms. The first-order valence-electron chi connectivity index (χ1n) is 2.20. The predicted molar refractivity (Wildman–Crippen MR) is 25.5 cm³/mol. The van der Waals surface area contributed by atoms with Gasteiger partial charge in [0.15, 0.2) is 0 Å². The third kappa shape index (κ3) is 3.21. The highest BCUT2D eigenvalue weighted by atomic mass is 19.3. The predicted octanol–water partition coefficient (Wildman–Crippen LogP) is 2.89. The van der Waals surface area contributed by atoms with Gasteiger partial charge in [0.25, 0.3) is 12.2 Å². The van der Waals surface area contributed by atoms with Gasteiger partial charge in [-0.25, -0.2) is 4.39 Å². The lowest BCUT2D eigenvalue weighted by Gasteiger charge is -1.88. The summed E-state index contributed by atoms with van der Waals surface area (Å²) in [7, 11) is 0. The number of alkyl halides is 1. The monoisotopic (exact) mass is 158 g/mol. The minimum absolute atomic E-state index is 0.199. The van der Waals surface area contributed by atoms with Crippen LogP contribution in [0.3, 0.4) is 0 Å². The van der Waals surface area contributed by atoms with E-state index in [0.29, 0.717) is 0 Å². The molecular formula is C5H3F5. The van der Waals surface area contributed by atoms with Crippen molar-refractivity contribution in [2.45, 2.75) is 0 Å². The molecular weight excluding hydrogens is 155 g/mol. The van der Waals surface area contributed by atoms with Gasteiger partial charge in [0.2, 0.25) is 0 Å². The van der Waals surface area contributed by atoms with E-state index in [1.165, 1.54) is 0 Å². The maximum atomic E-state index is 11.4. The van der Waals surface area contributed by atoms with Gasteiger partial charge in [-0.3, -0.25) is 0 Å². The maximum absolute atomic E-state index is 11.4. The van der Waals surface area contributed by atoms with Gasteiger partial charge in [0.1, 0.15) is 6.67 Å². The number of allylic oxidation sites excluding steroid dienone is 2. The molecule has 0 rings (SSSR count). The van der Waals surface area contributed by atoms with Gasteiger partial charge in [0.05, 0.1) is 5.57 Å². The average molecular weight is 158 g/mol. The van der Waals surface area contributed by atoms with Crippen LogP contribution in [0.25, 0.3) is 0 Å². The Balaban J connectivity index is 4.40. The molecule has 0 aliphatic heterocycles. The summed E-state index contributed by atoms with van der Waals surface area (Å²) in [6.45, 7) is -1.58. The highest BCUT2D eigenvalue weighted by Crippen LogP contribution is 2.13. The molecule has 0 aromatic carbocycles. The van der Waals surface area contributed by atoms with Crippen molar-refractivity contribution in [3.8, 4) is 0 Å². The Bertz CT molecular complexity index is 161. The summed E-state index contributed by atoms with van der Waals surface area (Å²) in [6.07, 6.45) is -4.95. The third-order valence-electron chi connectivity index (χ3n) is 0.670. The van der Waals surface area contributed by atoms with Gasteiger partial charge in [-0.1, -0.05) is 0 Å². The molecule has 0 spiro atoms. The molecule has 0 fully saturated rings. The van der Waals surface area contributed by atoms with Crippen LogP contribution in [-0.4, -0.2) is 6.67 Å². The quantitative estimate of drug-likeness (QED) is 0.428. The molecule has 0 saturated heterocycles. The van der Waals surface area contributed by atoms with Gasteiger partial charge in [-0.05, 0) is 0 Å². The van der Waals surface area contributed by atoms with Crippen LogP contribution in [0.4, 0.5) is 22.0 Å². The number of rotatable bonds is 2. The van der Waals surface area contributed by atoms with Crippen LogP contribution < -0.4 is 0 Å². The van der Waals surface area contributed by atoms with Crippen LogP contribution in [0.5, 0.6) is 0 Å². The number of halogens is 5. The molecule has 0 aliphatic rings. The van der Waals surface area contributed by atoms with Crippen molar-refractivity contribution in [1.29, 1.82) is 0 Å². The van der Waals surface area contributed by atoms with E-state index in [9.17, 15) is 22.0 Å². The fraction of sp³-hybridized carbons (Fsp3) is 0.200. The van der Waals surface area contributed by atoms with Crippen LogP contribution in [0.15, 0.2) is 23.8 Å². The zero-order chi connectivity index (χ0) is 8.15. The molecule has 0 nitrogen and oxygen atoms in total. The van der Waals surface area contributed by atoms with Crippen LogP contribution in [0.2, 0.25) is 0 Å².